The zero-order valence-corrected chi connectivity index (χ0v) is 12.2. The lowest BCUT2D eigenvalue weighted by atomic mass is 9.87. The summed E-state index contributed by atoms with van der Waals surface area (Å²) in [5.74, 6) is 1.84. The lowest BCUT2D eigenvalue weighted by Gasteiger charge is -2.33. The van der Waals surface area contributed by atoms with E-state index in [1.807, 2.05) is 0 Å². The van der Waals surface area contributed by atoms with E-state index in [4.69, 9.17) is 0 Å². The van der Waals surface area contributed by atoms with Gasteiger partial charge in [-0.3, -0.25) is 0 Å². The molecule has 1 fully saturated rings. The Kier molecular flexibility index (Phi) is 7.09. The molecule has 0 aliphatic carbocycles. The van der Waals surface area contributed by atoms with Gasteiger partial charge in [-0.2, -0.15) is 0 Å². The van der Waals surface area contributed by atoms with Gasteiger partial charge in [0.1, 0.15) is 0 Å². The van der Waals surface area contributed by atoms with Crippen molar-refractivity contribution in [3.8, 4) is 0 Å². The van der Waals surface area contributed by atoms with Gasteiger partial charge in [-0.1, -0.05) is 13.8 Å². The van der Waals surface area contributed by atoms with Crippen LogP contribution in [-0.4, -0.2) is 63.2 Å². The summed E-state index contributed by atoms with van der Waals surface area (Å²) in [5, 5.41) is 3.51. The second kappa shape index (κ2) is 8.06. The molecule has 1 rings (SSSR count). The Labute approximate surface area is 108 Å². The molecule has 0 saturated carbocycles. The topological polar surface area (TPSA) is 18.5 Å². The Bertz CT molecular complexity index is 184. The van der Waals surface area contributed by atoms with Crippen LogP contribution in [0.2, 0.25) is 0 Å². The fourth-order valence-corrected chi connectivity index (χ4v) is 2.51. The first-order valence-electron chi connectivity index (χ1n) is 7.17. The zero-order valence-electron chi connectivity index (χ0n) is 12.2. The van der Waals surface area contributed by atoms with Crippen LogP contribution in [0.3, 0.4) is 0 Å². The first-order chi connectivity index (χ1) is 8.09. The van der Waals surface area contributed by atoms with Crippen LogP contribution in [-0.2, 0) is 0 Å². The minimum absolute atomic E-state index is 0.871. The average molecular weight is 241 g/mol. The van der Waals surface area contributed by atoms with Crippen LogP contribution in [0, 0.1) is 11.8 Å². The van der Waals surface area contributed by atoms with Crippen molar-refractivity contribution in [3.63, 3.8) is 0 Å². The van der Waals surface area contributed by atoms with Gasteiger partial charge in [0.15, 0.2) is 0 Å². The summed E-state index contributed by atoms with van der Waals surface area (Å²) < 4.78 is 0. The molecule has 17 heavy (non-hydrogen) atoms. The van der Waals surface area contributed by atoms with Crippen molar-refractivity contribution >= 4 is 0 Å². The molecule has 0 unspecified atom stereocenters. The molecular weight excluding hydrogens is 210 g/mol. The number of hydrogen-bond donors (Lipinski definition) is 1. The number of rotatable bonds is 7. The predicted octanol–water partition coefficient (Wildman–Crippen LogP) is 1.51. The third-order valence-electron chi connectivity index (χ3n) is 3.92. The third-order valence-corrected chi connectivity index (χ3v) is 3.92. The molecule has 3 heteroatoms. The maximum Gasteiger partial charge on any atom is 0.0107 e. The van der Waals surface area contributed by atoms with Crippen molar-refractivity contribution in [1.29, 1.82) is 0 Å². The summed E-state index contributed by atoms with van der Waals surface area (Å²) in [6, 6.07) is 0. The van der Waals surface area contributed by atoms with Gasteiger partial charge in [0.2, 0.25) is 0 Å². The fraction of sp³-hybridized carbons (Fsp3) is 1.00. The van der Waals surface area contributed by atoms with Gasteiger partial charge < -0.3 is 15.1 Å². The maximum absolute atomic E-state index is 3.51. The second-order valence-electron chi connectivity index (χ2n) is 5.98. The fourth-order valence-electron chi connectivity index (χ4n) is 2.51. The van der Waals surface area contributed by atoms with E-state index in [0.717, 1.165) is 31.5 Å². The molecule has 1 aliphatic heterocycles. The molecule has 0 atom stereocenters. The monoisotopic (exact) mass is 241 g/mol. The quantitative estimate of drug-likeness (QED) is 0.682. The Morgan fingerprint density at radius 1 is 1.18 bits per heavy atom. The van der Waals surface area contributed by atoms with Crippen molar-refractivity contribution in [2.75, 3.05) is 53.4 Å². The molecule has 1 aliphatic rings. The molecule has 0 radical (unpaired) electrons. The summed E-state index contributed by atoms with van der Waals surface area (Å²) >= 11 is 0. The molecule has 3 nitrogen and oxygen atoms in total. The van der Waals surface area contributed by atoms with Crippen LogP contribution < -0.4 is 5.32 Å². The van der Waals surface area contributed by atoms with Gasteiger partial charge >= 0.3 is 0 Å². The van der Waals surface area contributed by atoms with Gasteiger partial charge in [0.05, 0.1) is 0 Å². The van der Waals surface area contributed by atoms with Crippen LogP contribution in [0.4, 0.5) is 0 Å². The van der Waals surface area contributed by atoms with E-state index in [1.165, 1.54) is 32.5 Å². The highest BCUT2D eigenvalue weighted by atomic mass is 15.1. The van der Waals surface area contributed by atoms with Gasteiger partial charge in [0.25, 0.3) is 0 Å². The minimum atomic E-state index is 0.871. The minimum Gasteiger partial charge on any atom is -0.314 e. The summed E-state index contributed by atoms with van der Waals surface area (Å²) in [6.45, 7) is 11.9. The summed E-state index contributed by atoms with van der Waals surface area (Å²) in [4.78, 5) is 4.84. The molecule has 0 bridgehead atoms. The number of piperidine rings is 1. The molecule has 0 aromatic rings. The number of hydrogen-bond acceptors (Lipinski definition) is 3. The van der Waals surface area contributed by atoms with E-state index in [-0.39, 0.29) is 0 Å². The summed E-state index contributed by atoms with van der Waals surface area (Å²) in [5.41, 5.74) is 0. The van der Waals surface area contributed by atoms with Gasteiger partial charge in [-0.25, -0.2) is 0 Å². The average Bonchev–Trinajstić information content (AvgIpc) is 2.29. The molecule has 1 saturated heterocycles. The van der Waals surface area contributed by atoms with Crippen molar-refractivity contribution in [2.24, 2.45) is 11.8 Å². The highest BCUT2D eigenvalue weighted by Crippen LogP contribution is 2.23. The number of likely N-dealkylation sites (N-methyl/N-ethyl adjacent to an activating group) is 1. The van der Waals surface area contributed by atoms with E-state index in [0.29, 0.717) is 0 Å². The standard InChI is InChI=1S/C14H31N3/c1-13(2)14-5-9-17(10-6-14)12-8-15-7-11-16(3)4/h13-15H,5-12H2,1-4H3. The Hall–Kier alpha value is -0.120. The van der Waals surface area contributed by atoms with Crippen LogP contribution in [0.25, 0.3) is 0 Å². The first kappa shape index (κ1) is 14.9. The Morgan fingerprint density at radius 2 is 1.82 bits per heavy atom. The number of nitrogens with one attached hydrogen (secondary N) is 1. The SMILES string of the molecule is CC(C)C1CCN(CCNCCN(C)C)CC1. The van der Waals surface area contributed by atoms with Crippen molar-refractivity contribution < 1.29 is 0 Å². The molecule has 1 heterocycles. The van der Waals surface area contributed by atoms with Crippen LogP contribution in [0.1, 0.15) is 26.7 Å². The van der Waals surface area contributed by atoms with E-state index in [9.17, 15) is 0 Å². The van der Waals surface area contributed by atoms with Crippen LogP contribution >= 0.6 is 0 Å². The molecular formula is C14H31N3. The lowest BCUT2D eigenvalue weighted by molar-refractivity contribution is 0.158. The highest BCUT2D eigenvalue weighted by Gasteiger charge is 2.20. The molecule has 0 amide bonds. The lowest BCUT2D eigenvalue weighted by Crippen LogP contribution is -2.40. The maximum atomic E-state index is 3.51. The molecule has 0 aromatic carbocycles. The van der Waals surface area contributed by atoms with Crippen molar-refractivity contribution in [1.82, 2.24) is 15.1 Å². The summed E-state index contributed by atoms with van der Waals surface area (Å²) in [7, 11) is 4.25. The number of likely N-dealkylation sites (tertiary alicyclic amines) is 1. The van der Waals surface area contributed by atoms with E-state index < -0.39 is 0 Å². The molecule has 102 valence electrons. The molecule has 1 N–H and O–H groups in total. The largest absolute Gasteiger partial charge is 0.314 e. The smallest absolute Gasteiger partial charge is 0.0107 e. The number of nitrogens with zero attached hydrogens (tertiary/aromatic N) is 2. The van der Waals surface area contributed by atoms with E-state index in [1.54, 1.807) is 0 Å². The van der Waals surface area contributed by atoms with E-state index in [2.05, 4.69) is 43.1 Å². The van der Waals surface area contributed by atoms with Crippen molar-refractivity contribution in [3.05, 3.63) is 0 Å². The zero-order chi connectivity index (χ0) is 12.7. The Morgan fingerprint density at radius 3 is 2.35 bits per heavy atom. The van der Waals surface area contributed by atoms with Gasteiger partial charge in [-0.05, 0) is 51.9 Å². The normalized spacial score (nSPS) is 19.4. The van der Waals surface area contributed by atoms with Crippen molar-refractivity contribution in [2.45, 2.75) is 26.7 Å². The summed E-state index contributed by atoms with van der Waals surface area (Å²) in [6.07, 6.45) is 2.80. The molecule has 0 spiro atoms. The second-order valence-corrected chi connectivity index (χ2v) is 5.98. The highest BCUT2D eigenvalue weighted by molar-refractivity contribution is 4.74. The van der Waals surface area contributed by atoms with Crippen LogP contribution in [0.5, 0.6) is 0 Å². The Balaban J connectivity index is 1.99. The van der Waals surface area contributed by atoms with Gasteiger partial charge in [-0.15, -0.1) is 0 Å². The third kappa shape index (κ3) is 6.39. The predicted molar refractivity (Wildman–Crippen MR) is 75.4 cm³/mol. The van der Waals surface area contributed by atoms with Crippen LogP contribution in [0.15, 0.2) is 0 Å². The van der Waals surface area contributed by atoms with E-state index >= 15 is 0 Å². The molecule has 0 aromatic heterocycles. The first-order valence-corrected chi connectivity index (χ1v) is 7.17. The van der Waals surface area contributed by atoms with Gasteiger partial charge in [0, 0.05) is 26.2 Å².